The normalized spacial score (nSPS) is 9.89. The Hall–Kier alpha value is -2.09. The second-order valence-corrected chi connectivity index (χ2v) is 3.72. The zero-order chi connectivity index (χ0) is 13.7. The van der Waals surface area contributed by atoms with Crippen LogP contribution >= 0.6 is 11.6 Å². The van der Waals surface area contributed by atoms with E-state index in [1.165, 1.54) is 0 Å². The van der Waals surface area contributed by atoms with Crippen LogP contribution in [0.1, 0.15) is 23.8 Å². The Morgan fingerprint density at radius 2 is 2.11 bits per heavy atom. The molecule has 0 aliphatic heterocycles. The summed E-state index contributed by atoms with van der Waals surface area (Å²) in [6, 6.07) is 0. The molecule has 0 aliphatic carbocycles. The van der Waals surface area contributed by atoms with Crippen LogP contribution in [0.4, 0.5) is 11.6 Å². The fraction of sp³-hybridized carbons (Fsp3) is 0.333. The lowest BCUT2D eigenvalue weighted by atomic mass is 10.4. The van der Waals surface area contributed by atoms with Gasteiger partial charge in [-0.1, -0.05) is 18.5 Å². The highest BCUT2D eigenvalue weighted by molar-refractivity contribution is 6.32. The average molecular weight is 272 g/mol. The predicted octanol–water partition coefficient (Wildman–Crippen LogP) is -0.0523. The molecule has 18 heavy (non-hydrogen) atoms. The zero-order valence-corrected chi connectivity index (χ0v) is 10.5. The minimum atomic E-state index is -0.788. The van der Waals surface area contributed by atoms with Gasteiger partial charge < -0.3 is 22.5 Å². The van der Waals surface area contributed by atoms with Gasteiger partial charge in [0.25, 0.3) is 0 Å². The predicted molar refractivity (Wildman–Crippen MR) is 70.4 cm³/mol. The van der Waals surface area contributed by atoms with E-state index in [9.17, 15) is 4.79 Å². The van der Waals surface area contributed by atoms with Gasteiger partial charge in [0.05, 0.1) is 0 Å². The molecule has 1 aromatic rings. The van der Waals surface area contributed by atoms with Gasteiger partial charge in [0, 0.05) is 6.54 Å². The molecule has 9 heteroatoms. The molecule has 0 saturated carbocycles. The topological polar surface area (TPSA) is 145 Å². The van der Waals surface area contributed by atoms with Gasteiger partial charge in [-0.3, -0.25) is 4.79 Å². The van der Waals surface area contributed by atoms with Crippen LogP contribution in [-0.4, -0.2) is 28.4 Å². The molecule has 1 rings (SSSR count). The lowest BCUT2D eigenvalue weighted by Gasteiger charge is -2.08. The first-order valence-electron chi connectivity index (χ1n) is 5.16. The lowest BCUT2D eigenvalue weighted by Crippen LogP contribution is -2.25. The summed E-state index contributed by atoms with van der Waals surface area (Å²) in [4.78, 5) is 22.6. The molecule has 1 heterocycles. The quantitative estimate of drug-likeness (QED) is 0.443. The molecule has 1 amide bonds. The molecule has 0 atom stereocenters. The summed E-state index contributed by atoms with van der Waals surface area (Å²) in [6.45, 7) is 2.64. The first-order valence-corrected chi connectivity index (χ1v) is 5.54. The SMILES string of the molecule is CCCNc1nc(N)c(C(=O)N=C(N)N)nc1Cl. The van der Waals surface area contributed by atoms with E-state index in [1.54, 1.807) is 0 Å². The number of nitrogens with zero attached hydrogens (tertiary/aromatic N) is 3. The van der Waals surface area contributed by atoms with Gasteiger partial charge in [0.2, 0.25) is 0 Å². The third-order valence-corrected chi connectivity index (χ3v) is 2.12. The molecular weight excluding hydrogens is 258 g/mol. The molecule has 1 aromatic heterocycles. The number of aromatic nitrogens is 2. The largest absolute Gasteiger partial charge is 0.382 e. The third-order valence-electron chi connectivity index (χ3n) is 1.86. The number of aliphatic imine (C=N–C) groups is 1. The monoisotopic (exact) mass is 271 g/mol. The number of amides is 1. The van der Waals surface area contributed by atoms with Crippen molar-refractivity contribution in [2.24, 2.45) is 16.5 Å². The maximum atomic E-state index is 11.5. The molecule has 0 spiro atoms. The lowest BCUT2D eigenvalue weighted by molar-refractivity contribution is 0.0998. The van der Waals surface area contributed by atoms with Gasteiger partial charge in [-0.05, 0) is 6.42 Å². The van der Waals surface area contributed by atoms with Crippen molar-refractivity contribution >= 4 is 35.1 Å². The van der Waals surface area contributed by atoms with Gasteiger partial charge in [-0.2, -0.15) is 4.99 Å². The molecule has 0 aromatic carbocycles. The smallest absolute Gasteiger partial charge is 0.302 e. The van der Waals surface area contributed by atoms with E-state index in [0.29, 0.717) is 12.4 Å². The summed E-state index contributed by atoms with van der Waals surface area (Å²) >= 11 is 5.86. The Labute approximate surface area is 109 Å². The van der Waals surface area contributed by atoms with Crippen molar-refractivity contribution in [1.82, 2.24) is 9.97 Å². The number of hydrogen-bond acceptors (Lipinski definition) is 5. The van der Waals surface area contributed by atoms with E-state index < -0.39 is 5.91 Å². The van der Waals surface area contributed by atoms with E-state index >= 15 is 0 Å². The summed E-state index contributed by atoms with van der Waals surface area (Å²) in [7, 11) is 0. The fourth-order valence-electron chi connectivity index (χ4n) is 1.11. The van der Waals surface area contributed by atoms with Crippen molar-refractivity contribution in [2.75, 3.05) is 17.6 Å². The van der Waals surface area contributed by atoms with Crippen LogP contribution in [0.3, 0.4) is 0 Å². The van der Waals surface area contributed by atoms with Crippen LogP contribution in [0.2, 0.25) is 5.15 Å². The second-order valence-electron chi connectivity index (χ2n) is 3.37. The van der Waals surface area contributed by atoms with E-state index in [4.69, 9.17) is 28.8 Å². The summed E-state index contributed by atoms with van der Waals surface area (Å²) in [5.74, 6) is -0.945. The number of carbonyl (C=O) groups is 1. The molecule has 8 nitrogen and oxygen atoms in total. The molecule has 0 unspecified atom stereocenters. The van der Waals surface area contributed by atoms with E-state index in [1.807, 2.05) is 6.92 Å². The van der Waals surface area contributed by atoms with Gasteiger partial charge >= 0.3 is 5.91 Å². The summed E-state index contributed by atoms with van der Waals surface area (Å²) in [5.41, 5.74) is 15.6. The first kappa shape index (κ1) is 14.0. The molecule has 0 aliphatic rings. The van der Waals surface area contributed by atoms with Crippen molar-refractivity contribution < 1.29 is 4.79 Å². The highest BCUT2D eigenvalue weighted by atomic mass is 35.5. The number of nitrogens with two attached hydrogens (primary N) is 3. The molecule has 0 bridgehead atoms. The molecule has 98 valence electrons. The number of hydrogen-bond donors (Lipinski definition) is 4. The Morgan fingerprint density at radius 1 is 1.44 bits per heavy atom. The van der Waals surface area contributed by atoms with Crippen LogP contribution in [0.15, 0.2) is 4.99 Å². The van der Waals surface area contributed by atoms with Crippen LogP contribution < -0.4 is 22.5 Å². The van der Waals surface area contributed by atoms with Crippen molar-refractivity contribution in [3.05, 3.63) is 10.8 Å². The minimum absolute atomic E-state index is 0.0341. The van der Waals surface area contributed by atoms with Crippen LogP contribution in [-0.2, 0) is 0 Å². The maximum absolute atomic E-state index is 11.5. The van der Waals surface area contributed by atoms with E-state index in [0.717, 1.165) is 6.42 Å². The number of carbonyl (C=O) groups excluding carboxylic acids is 1. The average Bonchev–Trinajstić information content (AvgIpc) is 2.28. The highest BCUT2D eigenvalue weighted by Gasteiger charge is 2.16. The van der Waals surface area contributed by atoms with Gasteiger partial charge in [0.1, 0.15) is 0 Å². The number of guanidine groups is 1. The Morgan fingerprint density at radius 3 is 2.67 bits per heavy atom. The highest BCUT2D eigenvalue weighted by Crippen LogP contribution is 2.20. The van der Waals surface area contributed by atoms with Crippen molar-refractivity contribution in [3.63, 3.8) is 0 Å². The second kappa shape index (κ2) is 6.01. The Kier molecular flexibility index (Phi) is 4.67. The van der Waals surface area contributed by atoms with Gasteiger partial charge in [-0.15, -0.1) is 0 Å². The van der Waals surface area contributed by atoms with E-state index in [2.05, 4.69) is 20.3 Å². The first-order chi connectivity index (χ1) is 8.45. The van der Waals surface area contributed by atoms with Crippen molar-refractivity contribution in [1.29, 1.82) is 0 Å². The van der Waals surface area contributed by atoms with Gasteiger partial charge in [0.15, 0.2) is 28.4 Å². The third kappa shape index (κ3) is 3.45. The Balaban J connectivity index is 3.07. The number of nitrogen functional groups attached to an aromatic ring is 1. The number of nitrogens with one attached hydrogen (secondary N) is 1. The van der Waals surface area contributed by atoms with Crippen molar-refractivity contribution in [3.8, 4) is 0 Å². The standard InChI is InChI=1S/C9H14ClN7O/c1-2-3-14-7-5(10)15-4(6(11)16-7)8(18)17-9(12)13/h2-3H2,1H3,(H3,11,14,16)(H4,12,13,17,18). The summed E-state index contributed by atoms with van der Waals surface area (Å²) in [5, 5.41) is 2.96. The molecule has 0 saturated heterocycles. The van der Waals surface area contributed by atoms with Gasteiger partial charge in [-0.25, -0.2) is 9.97 Å². The maximum Gasteiger partial charge on any atom is 0.302 e. The van der Waals surface area contributed by atoms with Crippen LogP contribution in [0, 0.1) is 0 Å². The Bertz CT molecular complexity index is 484. The summed E-state index contributed by atoms with van der Waals surface area (Å²) < 4.78 is 0. The van der Waals surface area contributed by atoms with E-state index in [-0.39, 0.29) is 22.6 Å². The van der Waals surface area contributed by atoms with Crippen molar-refractivity contribution in [2.45, 2.75) is 13.3 Å². The minimum Gasteiger partial charge on any atom is -0.382 e. The number of halogens is 1. The van der Waals surface area contributed by atoms with Crippen LogP contribution in [0.5, 0.6) is 0 Å². The fourth-order valence-corrected chi connectivity index (χ4v) is 1.30. The molecule has 0 fully saturated rings. The molecule has 7 N–H and O–H groups in total. The van der Waals surface area contributed by atoms with Crippen LogP contribution in [0.25, 0.3) is 0 Å². The number of anilines is 2. The zero-order valence-electron chi connectivity index (χ0n) is 9.77. The summed E-state index contributed by atoms with van der Waals surface area (Å²) in [6.07, 6.45) is 0.882. The molecule has 0 radical (unpaired) electrons. The molecular formula is C9H14ClN7O. The number of rotatable bonds is 4.